The van der Waals surface area contributed by atoms with Gasteiger partial charge in [-0.15, -0.1) is 10.2 Å². The van der Waals surface area contributed by atoms with Gasteiger partial charge in [0.05, 0.1) is 5.75 Å². The van der Waals surface area contributed by atoms with Crippen LogP contribution in [0.3, 0.4) is 0 Å². The molecule has 4 aromatic rings. The maximum Gasteiger partial charge on any atom is 0.196 e. The summed E-state index contributed by atoms with van der Waals surface area (Å²) in [6.45, 7) is 3.98. The topological polar surface area (TPSA) is 60.7 Å². The fourth-order valence-electron chi connectivity index (χ4n) is 3.21. The smallest absolute Gasteiger partial charge is 0.196 e. The number of rotatable bonds is 6. The van der Waals surface area contributed by atoms with Crippen molar-refractivity contribution in [2.24, 2.45) is 0 Å². The highest BCUT2D eigenvalue weighted by molar-refractivity contribution is 7.99. The minimum atomic E-state index is 0.0635. The number of pyridine rings is 1. The van der Waals surface area contributed by atoms with Crippen LogP contribution in [0.4, 0.5) is 0 Å². The quantitative estimate of drug-likeness (QED) is 0.293. The fourth-order valence-corrected chi connectivity index (χ4v) is 4.17. The van der Waals surface area contributed by atoms with Crippen molar-refractivity contribution in [1.82, 2.24) is 19.7 Å². The first kappa shape index (κ1) is 20.3. The molecule has 0 spiro atoms. The van der Waals surface area contributed by atoms with Crippen molar-refractivity contribution in [2.45, 2.75) is 19.0 Å². The van der Waals surface area contributed by atoms with Gasteiger partial charge in [-0.2, -0.15) is 0 Å². The Bertz CT molecular complexity index is 1190. The lowest BCUT2D eigenvalue weighted by molar-refractivity contribution is 0.102. The second-order valence-corrected chi connectivity index (χ2v) is 8.26. The lowest BCUT2D eigenvalue weighted by atomic mass is 10.0. The number of thioether (sulfide) groups is 1. The maximum absolute atomic E-state index is 12.8. The van der Waals surface area contributed by atoms with Gasteiger partial charge in [0.25, 0.3) is 0 Å². The summed E-state index contributed by atoms with van der Waals surface area (Å²) in [5.74, 6) is 1.02. The number of benzene rings is 2. The predicted octanol–water partition coefficient (Wildman–Crippen LogP) is 5.57. The number of halogens is 1. The first-order chi connectivity index (χ1) is 14.5. The molecule has 0 bridgehead atoms. The Kier molecular flexibility index (Phi) is 5.97. The zero-order valence-corrected chi connectivity index (χ0v) is 18.1. The van der Waals surface area contributed by atoms with Crippen LogP contribution in [0.25, 0.3) is 17.1 Å². The monoisotopic (exact) mass is 434 g/mol. The molecule has 7 heteroatoms. The van der Waals surface area contributed by atoms with Crippen molar-refractivity contribution in [3.8, 4) is 17.1 Å². The first-order valence-electron chi connectivity index (χ1n) is 9.38. The second-order valence-electron chi connectivity index (χ2n) is 6.88. The van der Waals surface area contributed by atoms with E-state index in [4.69, 9.17) is 11.6 Å². The molecule has 0 aliphatic carbocycles. The van der Waals surface area contributed by atoms with Gasteiger partial charge in [-0.3, -0.25) is 14.3 Å². The van der Waals surface area contributed by atoms with Gasteiger partial charge in [0, 0.05) is 34.2 Å². The summed E-state index contributed by atoms with van der Waals surface area (Å²) < 4.78 is 1.94. The normalized spacial score (nSPS) is 10.9. The molecule has 2 aromatic heterocycles. The van der Waals surface area contributed by atoms with Gasteiger partial charge in [0.15, 0.2) is 16.8 Å². The average molecular weight is 435 g/mol. The van der Waals surface area contributed by atoms with E-state index in [-0.39, 0.29) is 11.5 Å². The van der Waals surface area contributed by atoms with Crippen LogP contribution in [-0.4, -0.2) is 31.3 Å². The number of carbonyl (C=O) groups is 1. The molecule has 2 heterocycles. The van der Waals surface area contributed by atoms with Crippen molar-refractivity contribution in [3.63, 3.8) is 0 Å². The Morgan fingerprint density at radius 2 is 1.73 bits per heavy atom. The van der Waals surface area contributed by atoms with Crippen LogP contribution in [-0.2, 0) is 0 Å². The standard InChI is InChI=1S/C23H19ClN4OS/c1-15-3-8-20(16(2)13-15)21(29)14-30-23-27-26-22(17-9-11-25-12-10-17)28(23)19-6-4-18(24)5-7-19/h3-13H,14H2,1-2H3. The van der Waals surface area contributed by atoms with Gasteiger partial charge in [0.1, 0.15) is 0 Å². The highest BCUT2D eigenvalue weighted by Gasteiger charge is 2.18. The van der Waals surface area contributed by atoms with Crippen molar-refractivity contribution in [2.75, 3.05) is 5.75 Å². The van der Waals surface area contributed by atoms with Crippen LogP contribution >= 0.6 is 23.4 Å². The van der Waals surface area contributed by atoms with Gasteiger partial charge in [-0.1, -0.05) is 47.1 Å². The lowest BCUT2D eigenvalue weighted by Crippen LogP contribution is -2.07. The molecule has 150 valence electrons. The van der Waals surface area contributed by atoms with Crippen molar-refractivity contribution in [1.29, 1.82) is 0 Å². The van der Waals surface area contributed by atoms with Gasteiger partial charge in [0.2, 0.25) is 0 Å². The lowest BCUT2D eigenvalue weighted by Gasteiger charge is -2.11. The molecule has 0 unspecified atom stereocenters. The molecule has 30 heavy (non-hydrogen) atoms. The van der Waals surface area contributed by atoms with Gasteiger partial charge in [-0.05, 0) is 55.8 Å². The number of hydrogen-bond acceptors (Lipinski definition) is 5. The average Bonchev–Trinajstić information content (AvgIpc) is 3.17. The van der Waals surface area contributed by atoms with Crippen molar-refractivity contribution < 1.29 is 4.79 Å². The number of aryl methyl sites for hydroxylation is 2. The predicted molar refractivity (Wildman–Crippen MR) is 121 cm³/mol. The van der Waals surface area contributed by atoms with Crippen LogP contribution in [0.5, 0.6) is 0 Å². The fraction of sp³-hybridized carbons (Fsp3) is 0.130. The van der Waals surface area contributed by atoms with E-state index < -0.39 is 0 Å². The Morgan fingerprint density at radius 3 is 2.43 bits per heavy atom. The summed E-state index contributed by atoms with van der Waals surface area (Å²) in [7, 11) is 0. The zero-order chi connectivity index (χ0) is 21.1. The summed E-state index contributed by atoms with van der Waals surface area (Å²) in [6.07, 6.45) is 3.43. The first-order valence-corrected chi connectivity index (χ1v) is 10.7. The largest absolute Gasteiger partial charge is 0.293 e. The third-order valence-electron chi connectivity index (χ3n) is 4.67. The number of Topliss-reactive ketones (excluding diaryl/α,β-unsaturated/α-hetero) is 1. The molecule has 0 saturated carbocycles. The number of carbonyl (C=O) groups excluding carboxylic acids is 1. The molecule has 0 saturated heterocycles. The molecule has 2 aromatic carbocycles. The van der Waals surface area contributed by atoms with Crippen LogP contribution in [0, 0.1) is 13.8 Å². The minimum absolute atomic E-state index is 0.0635. The van der Waals surface area contributed by atoms with E-state index in [9.17, 15) is 4.79 Å². The Labute approximate surface area is 184 Å². The number of nitrogens with zero attached hydrogens (tertiary/aromatic N) is 4. The van der Waals surface area contributed by atoms with Gasteiger partial charge >= 0.3 is 0 Å². The number of aromatic nitrogens is 4. The molecular weight excluding hydrogens is 416 g/mol. The summed E-state index contributed by atoms with van der Waals surface area (Å²) in [6, 6.07) is 17.1. The van der Waals surface area contributed by atoms with Crippen LogP contribution < -0.4 is 0 Å². The van der Waals surface area contributed by atoms with Gasteiger partial charge < -0.3 is 0 Å². The SMILES string of the molecule is Cc1ccc(C(=O)CSc2nnc(-c3ccncc3)n2-c2ccc(Cl)cc2)c(C)c1. The summed E-state index contributed by atoms with van der Waals surface area (Å²) >= 11 is 7.44. The third-order valence-corrected chi connectivity index (χ3v) is 5.85. The molecule has 5 nitrogen and oxygen atoms in total. The Hall–Kier alpha value is -2.96. The minimum Gasteiger partial charge on any atom is -0.293 e. The van der Waals surface area contributed by atoms with Crippen LogP contribution in [0.2, 0.25) is 5.02 Å². The number of ketones is 1. The summed E-state index contributed by atoms with van der Waals surface area (Å²) in [5.41, 5.74) is 4.62. The van der Waals surface area contributed by atoms with Gasteiger partial charge in [-0.25, -0.2) is 0 Å². The van der Waals surface area contributed by atoms with E-state index in [2.05, 4.69) is 15.2 Å². The van der Waals surface area contributed by atoms with E-state index in [1.807, 2.05) is 73.0 Å². The molecule has 0 atom stereocenters. The highest BCUT2D eigenvalue weighted by Crippen LogP contribution is 2.29. The van der Waals surface area contributed by atoms with E-state index in [0.29, 0.717) is 16.0 Å². The summed E-state index contributed by atoms with van der Waals surface area (Å²) in [4.78, 5) is 16.9. The van der Waals surface area contributed by atoms with Crippen molar-refractivity contribution >= 4 is 29.1 Å². The molecule has 0 aliphatic heterocycles. The zero-order valence-electron chi connectivity index (χ0n) is 16.5. The highest BCUT2D eigenvalue weighted by atomic mass is 35.5. The van der Waals surface area contributed by atoms with Crippen LogP contribution in [0.15, 0.2) is 72.1 Å². The third kappa shape index (κ3) is 4.30. The molecule has 4 rings (SSSR count). The van der Waals surface area contributed by atoms with E-state index >= 15 is 0 Å². The van der Waals surface area contributed by atoms with Crippen molar-refractivity contribution in [3.05, 3.63) is 88.7 Å². The van der Waals surface area contributed by atoms with E-state index in [1.54, 1.807) is 12.4 Å². The molecule has 0 fully saturated rings. The van der Waals surface area contributed by atoms with E-state index in [0.717, 1.165) is 27.9 Å². The molecule has 0 N–H and O–H groups in total. The molecule has 0 radical (unpaired) electrons. The molecule has 0 aliphatic rings. The van der Waals surface area contributed by atoms with Crippen LogP contribution in [0.1, 0.15) is 21.5 Å². The Balaban J connectivity index is 1.67. The number of hydrogen-bond donors (Lipinski definition) is 0. The van der Waals surface area contributed by atoms with E-state index in [1.165, 1.54) is 11.8 Å². The molecular formula is C23H19ClN4OS. The molecule has 0 amide bonds. The second kappa shape index (κ2) is 8.81. The Morgan fingerprint density at radius 1 is 1.00 bits per heavy atom. The summed E-state index contributed by atoms with van der Waals surface area (Å²) in [5, 5.41) is 10.0. The maximum atomic E-state index is 12.8.